The summed E-state index contributed by atoms with van der Waals surface area (Å²) in [7, 11) is 0. The van der Waals surface area contributed by atoms with E-state index >= 15 is 0 Å². The minimum absolute atomic E-state index is 0.160. The van der Waals surface area contributed by atoms with Crippen molar-refractivity contribution in [2.75, 3.05) is 16.9 Å². The average molecular weight is 383 g/mol. The number of hydrogen-bond donors (Lipinski definition) is 2. The van der Waals surface area contributed by atoms with Crippen molar-refractivity contribution in [2.24, 2.45) is 0 Å². The van der Waals surface area contributed by atoms with Crippen LogP contribution in [0.4, 0.5) is 11.4 Å². The zero-order chi connectivity index (χ0) is 18.5. The zero-order valence-corrected chi connectivity index (χ0v) is 16.0. The summed E-state index contributed by atoms with van der Waals surface area (Å²) in [4.78, 5) is 26.5. The van der Waals surface area contributed by atoms with E-state index in [-0.39, 0.29) is 11.8 Å². The van der Waals surface area contributed by atoms with Crippen molar-refractivity contribution in [3.63, 3.8) is 0 Å². The maximum absolute atomic E-state index is 12.6. The van der Waals surface area contributed by atoms with E-state index in [2.05, 4.69) is 10.6 Å². The number of rotatable bonds is 5. The molecule has 0 fully saturated rings. The van der Waals surface area contributed by atoms with Gasteiger partial charge in [-0.3, -0.25) is 9.59 Å². The van der Waals surface area contributed by atoms with E-state index in [1.54, 1.807) is 42.1 Å². The summed E-state index contributed by atoms with van der Waals surface area (Å²) in [6, 6.07) is 16.6. The predicted molar refractivity (Wildman–Crippen MR) is 110 cm³/mol. The van der Waals surface area contributed by atoms with Gasteiger partial charge in [-0.05, 0) is 60.5 Å². The van der Waals surface area contributed by atoms with Crippen LogP contribution in [-0.2, 0) is 0 Å². The van der Waals surface area contributed by atoms with Gasteiger partial charge in [0.1, 0.15) is 0 Å². The highest BCUT2D eigenvalue weighted by atomic mass is 32.2. The summed E-state index contributed by atoms with van der Waals surface area (Å²) in [6.45, 7) is 1.91. The van der Waals surface area contributed by atoms with E-state index in [9.17, 15) is 9.59 Å². The SMILES string of the molecule is CSc1ccc(C)c(C(=O)Nc2cccc(NC(=O)c3cccs3)c2)c1. The number of benzene rings is 2. The molecule has 0 saturated heterocycles. The number of hydrogen-bond acceptors (Lipinski definition) is 4. The highest BCUT2D eigenvalue weighted by Gasteiger charge is 2.11. The summed E-state index contributed by atoms with van der Waals surface area (Å²) in [5.41, 5.74) is 2.83. The number of nitrogens with one attached hydrogen (secondary N) is 2. The topological polar surface area (TPSA) is 58.2 Å². The van der Waals surface area contributed by atoms with Gasteiger partial charge in [-0.25, -0.2) is 0 Å². The fourth-order valence-electron chi connectivity index (χ4n) is 2.45. The molecular weight excluding hydrogens is 364 g/mol. The summed E-state index contributed by atoms with van der Waals surface area (Å²) in [6.07, 6.45) is 1.98. The van der Waals surface area contributed by atoms with Crippen LogP contribution in [0.5, 0.6) is 0 Å². The first-order chi connectivity index (χ1) is 12.6. The Morgan fingerprint density at radius 1 is 0.923 bits per heavy atom. The second-order valence-corrected chi connectivity index (χ2v) is 7.47. The predicted octanol–water partition coefficient (Wildman–Crippen LogP) is 5.28. The number of anilines is 2. The van der Waals surface area contributed by atoms with Crippen molar-refractivity contribution in [3.8, 4) is 0 Å². The first-order valence-electron chi connectivity index (χ1n) is 7.98. The number of carbonyl (C=O) groups excluding carboxylic acids is 2. The maximum Gasteiger partial charge on any atom is 0.265 e. The number of carbonyl (C=O) groups is 2. The van der Waals surface area contributed by atoms with Crippen LogP contribution in [0.3, 0.4) is 0 Å². The molecule has 4 nitrogen and oxygen atoms in total. The van der Waals surface area contributed by atoms with Gasteiger partial charge in [0.25, 0.3) is 11.8 Å². The molecule has 0 saturated carbocycles. The third kappa shape index (κ3) is 4.33. The minimum atomic E-state index is -0.167. The zero-order valence-electron chi connectivity index (χ0n) is 14.4. The molecule has 132 valence electrons. The maximum atomic E-state index is 12.6. The van der Waals surface area contributed by atoms with E-state index in [0.29, 0.717) is 21.8 Å². The Balaban J connectivity index is 1.74. The molecule has 0 bridgehead atoms. The van der Waals surface area contributed by atoms with Crippen molar-refractivity contribution in [2.45, 2.75) is 11.8 Å². The Morgan fingerprint density at radius 2 is 1.65 bits per heavy atom. The van der Waals surface area contributed by atoms with Crippen molar-refractivity contribution in [3.05, 3.63) is 76.0 Å². The van der Waals surface area contributed by atoms with Crippen LogP contribution in [0.2, 0.25) is 0 Å². The number of amides is 2. The number of thiophene rings is 1. The Bertz CT molecular complexity index is 937. The van der Waals surface area contributed by atoms with Crippen molar-refractivity contribution >= 4 is 46.3 Å². The highest BCUT2D eigenvalue weighted by Crippen LogP contribution is 2.22. The largest absolute Gasteiger partial charge is 0.322 e. The van der Waals surface area contributed by atoms with Gasteiger partial charge in [-0.2, -0.15) is 0 Å². The molecule has 6 heteroatoms. The van der Waals surface area contributed by atoms with Crippen LogP contribution in [-0.4, -0.2) is 18.1 Å². The lowest BCUT2D eigenvalue weighted by molar-refractivity contribution is 0.102. The molecule has 3 aromatic rings. The van der Waals surface area contributed by atoms with Crippen LogP contribution in [0.1, 0.15) is 25.6 Å². The van der Waals surface area contributed by atoms with Gasteiger partial charge in [-0.15, -0.1) is 23.1 Å². The van der Waals surface area contributed by atoms with Crippen LogP contribution < -0.4 is 10.6 Å². The van der Waals surface area contributed by atoms with E-state index in [0.717, 1.165) is 10.5 Å². The van der Waals surface area contributed by atoms with Gasteiger partial charge in [-0.1, -0.05) is 18.2 Å². The third-order valence-corrected chi connectivity index (χ3v) is 5.41. The molecular formula is C20H18N2O2S2. The Labute approximate surface area is 160 Å². The minimum Gasteiger partial charge on any atom is -0.322 e. The Morgan fingerprint density at radius 3 is 2.31 bits per heavy atom. The molecule has 1 heterocycles. The summed E-state index contributed by atoms with van der Waals surface area (Å²) in [5, 5.41) is 7.60. The normalized spacial score (nSPS) is 10.4. The summed E-state index contributed by atoms with van der Waals surface area (Å²) in [5.74, 6) is -0.327. The van der Waals surface area contributed by atoms with Gasteiger partial charge >= 0.3 is 0 Å². The first-order valence-corrected chi connectivity index (χ1v) is 10.1. The highest BCUT2D eigenvalue weighted by molar-refractivity contribution is 7.98. The molecule has 0 aliphatic heterocycles. The smallest absolute Gasteiger partial charge is 0.265 e. The molecule has 0 radical (unpaired) electrons. The molecule has 2 aromatic carbocycles. The van der Waals surface area contributed by atoms with Gasteiger partial charge < -0.3 is 10.6 Å². The number of aryl methyl sites for hydroxylation is 1. The lowest BCUT2D eigenvalue weighted by Gasteiger charge is -2.11. The summed E-state index contributed by atoms with van der Waals surface area (Å²) >= 11 is 2.98. The third-order valence-electron chi connectivity index (χ3n) is 3.81. The van der Waals surface area contributed by atoms with Crippen molar-refractivity contribution in [1.82, 2.24) is 0 Å². The van der Waals surface area contributed by atoms with Crippen LogP contribution in [0.25, 0.3) is 0 Å². The van der Waals surface area contributed by atoms with E-state index in [4.69, 9.17) is 0 Å². The second-order valence-electron chi connectivity index (χ2n) is 5.65. The van der Waals surface area contributed by atoms with Gasteiger partial charge in [0, 0.05) is 21.8 Å². The van der Waals surface area contributed by atoms with Crippen LogP contribution in [0.15, 0.2) is 64.9 Å². The van der Waals surface area contributed by atoms with Crippen molar-refractivity contribution < 1.29 is 9.59 Å². The van der Waals surface area contributed by atoms with E-state index in [1.807, 2.05) is 42.8 Å². The second kappa shape index (κ2) is 8.21. The van der Waals surface area contributed by atoms with E-state index < -0.39 is 0 Å². The molecule has 1 aromatic heterocycles. The van der Waals surface area contributed by atoms with Gasteiger partial charge in [0.2, 0.25) is 0 Å². The van der Waals surface area contributed by atoms with Crippen molar-refractivity contribution in [1.29, 1.82) is 0 Å². The molecule has 2 amide bonds. The van der Waals surface area contributed by atoms with Gasteiger partial charge in [0.15, 0.2) is 0 Å². The number of thioether (sulfide) groups is 1. The quantitative estimate of drug-likeness (QED) is 0.590. The Hall–Kier alpha value is -2.57. The van der Waals surface area contributed by atoms with E-state index in [1.165, 1.54) is 11.3 Å². The molecule has 26 heavy (non-hydrogen) atoms. The summed E-state index contributed by atoms with van der Waals surface area (Å²) < 4.78 is 0. The molecule has 2 N–H and O–H groups in total. The lowest BCUT2D eigenvalue weighted by Crippen LogP contribution is -2.14. The standard InChI is InChI=1S/C20H18N2O2S2/c1-13-8-9-16(25-2)12-17(13)19(23)21-14-5-3-6-15(11-14)22-20(24)18-7-4-10-26-18/h3-12H,1-2H3,(H,21,23)(H,22,24). The molecule has 0 spiro atoms. The first kappa shape index (κ1) is 18.2. The fraction of sp³-hybridized carbons (Fsp3) is 0.100. The van der Waals surface area contributed by atoms with Crippen LogP contribution in [0, 0.1) is 6.92 Å². The fourth-order valence-corrected chi connectivity index (χ4v) is 3.51. The molecule has 0 unspecified atom stereocenters. The lowest BCUT2D eigenvalue weighted by atomic mass is 10.1. The van der Waals surface area contributed by atoms with Crippen LogP contribution >= 0.6 is 23.1 Å². The average Bonchev–Trinajstić information content (AvgIpc) is 3.17. The molecule has 0 aliphatic carbocycles. The van der Waals surface area contributed by atoms with Gasteiger partial charge in [0.05, 0.1) is 4.88 Å². The molecule has 0 atom stereocenters. The monoisotopic (exact) mass is 382 g/mol. The molecule has 3 rings (SSSR count). The molecule has 0 aliphatic rings. The Kier molecular flexibility index (Phi) is 5.75.